The highest BCUT2D eigenvalue weighted by molar-refractivity contribution is 5.93. The first-order chi connectivity index (χ1) is 8.75. The van der Waals surface area contributed by atoms with Gasteiger partial charge in [0.2, 0.25) is 5.52 Å². The van der Waals surface area contributed by atoms with Crippen LogP contribution in [0.3, 0.4) is 0 Å². The van der Waals surface area contributed by atoms with Crippen molar-refractivity contribution in [3.8, 4) is 0 Å². The number of rotatable bonds is 3. The zero-order valence-corrected chi connectivity index (χ0v) is 9.33. The third-order valence-electron chi connectivity index (χ3n) is 2.88. The maximum Gasteiger partial charge on any atom is 0.300 e. The van der Waals surface area contributed by atoms with Crippen LogP contribution in [0.1, 0.15) is 6.42 Å². The van der Waals surface area contributed by atoms with Gasteiger partial charge in [-0.25, -0.2) is 4.63 Å². The van der Waals surface area contributed by atoms with Crippen LogP contribution in [0.4, 0.5) is 11.4 Å². The van der Waals surface area contributed by atoms with Crippen molar-refractivity contribution in [3.05, 3.63) is 22.2 Å². The van der Waals surface area contributed by atoms with Crippen molar-refractivity contribution < 1.29 is 14.3 Å². The third kappa shape index (κ3) is 1.76. The average molecular weight is 250 g/mol. The molecule has 0 radical (unpaired) electrons. The van der Waals surface area contributed by atoms with Crippen molar-refractivity contribution >= 4 is 22.4 Å². The van der Waals surface area contributed by atoms with Gasteiger partial charge in [0.1, 0.15) is 0 Å². The van der Waals surface area contributed by atoms with Gasteiger partial charge in [-0.3, -0.25) is 10.1 Å². The molecule has 0 aliphatic carbocycles. The van der Waals surface area contributed by atoms with Gasteiger partial charge in [0.15, 0.2) is 5.52 Å². The number of nitrogens with one attached hydrogen (secondary N) is 1. The molecule has 2 aromatic rings. The number of non-ortho nitro benzene ring substituents is 1. The predicted molar refractivity (Wildman–Crippen MR) is 61.3 cm³/mol. The Labute approximate surface area is 101 Å². The van der Waals surface area contributed by atoms with Crippen LogP contribution in [0.5, 0.6) is 0 Å². The van der Waals surface area contributed by atoms with E-state index in [4.69, 9.17) is 4.74 Å². The van der Waals surface area contributed by atoms with E-state index in [1.807, 2.05) is 0 Å². The molecule has 1 atom stereocenters. The number of nitro benzene ring substituents is 1. The summed E-state index contributed by atoms with van der Waals surface area (Å²) in [5.74, 6) is 0. The number of anilines is 1. The minimum Gasteiger partial charge on any atom is -0.379 e. The Morgan fingerprint density at radius 2 is 2.22 bits per heavy atom. The van der Waals surface area contributed by atoms with E-state index in [0.717, 1.165) is 6.42 Å². The fourth-order valence-corrected chi connectivity index (χ4v) is 1.99. The first-order valence-electron chi connectivity index (χ1n) is 5.49. The van der Waals surface area contributed by atoms with Crippen LogP contribution >= 0.6 is 0 Å². The van der Waals surface area contributed by atoms with Gasteiger partial charge < -0.3 is 10.1 Å². The van der Waals surface area contributed by atoms with E-state index in [2.05, 4.69) is 20.3 Å². The molecule has 1 aromatic carbocycles. The molecular weight excluding hydrogens is 240 g/mol. The zero-order valence-electron chi connectivity index (χ0n) is 9.33. The summed E-state index contributed by atoms with van der Waals surface area (Å²) in [5, 5.41) is 21.3. The summed E-state index contributed by atoms with van der Waals surface area (Å²) in [7, 11) is 0. The Morgan fingerprint density at radius 1 is 1.39 bits per heavy atom. The fraction of sp³-hybridized carbons (Fsp3) is 0.400. The summed E-state index contributed by atoms with van der Waals surface area (Å²) in [4.78, 5) is 10.3. The molecule has 8 nitrogen and oxygen atoms in total. The highest BCUT2D eigenvalue weighted by Crippen LogP contribution is 2.29. The Balaban J connectivity index is 2.00. The van der Waals surface area contributed by atoms with Crippen LogP contribution in [0.2, 0.25) is 0 Å². The molecule has 1 aromatic heterocycles. The Hall–Kier alpha value is -2.22. The second-order valence-corrected chi connectivity index (χ2v) is 4.06. The van der Waals surface area contributed by atoms with Gasteiger partial charge in [-0.2, -0.15) is 0 Å². The summed E-state index contributed by atoms with van der Waals surface area (Å²) in [6.45, 7) is 1.33. The molecule has 8 heteroatoms. The minimum atomic E-state index is -0.505. The number of benzene rings is 1. The first-order valence-corrected chi connectivity index (χ1v) is 5.49. The molecule has 0 saturated carbocycles. The molecule has 1 unspecified atom stereocenters. The molecule has 94 valence electrons. The van der Waals surface area contributed by atoms with Crippen LogP contribution in [-0.2, 0) is 4.74 Å². The largest absolute Gasteiger partial charge is 0.379 e. The second kappa shape index (κ2) is 4.22. The van der Waals surface area contributed by atoms with Crippen LogP contribution in [0.15, 0.2) is 16.8 Å². The predicted octanol–water partition coefficient (Wildman–Crippen LogP) is 1.33. The number of fused-ring (bicyclic) bond motifs is 1. The molecule has 18 heavy (non-hydrogen) atoms. The van der Waals surface area contributed by atoms with Crippen LogP contribution in [-0.4, -0.2) is 34.5 Å². The van der Waals surface area contributed by atoms with E-state index >= 15 is 0 Å². The standard InChI is InChI=1S/C10H10N4O4/c15-14(16)8-2-1-7(9-10(8)13-18-12-9)11-6-3-4-17-5-6/h1-2,6,11H,3-5H2. The molecule has 1 saturated heterocycles. The van der Waals surface area contributed by atoms with Gasteiger partial charge in [0.25, 0.3) is 0 Å². The summed E-state index contributed by atoms with van der Waals surface area (Å²) < 4.78 is 9.84. The molecular formula is C10H10N4O4. The highest BCUT2D eigenvalue weighted by Gasteiger charge is 2.22. The number of nitro groups is 1. The molecule has 3 rings (SSSR count). The van der Waals surface area contributed by atoms with Crippen molar-refractivity contribution in [1.29, 1.82) is 0 Å². The third-order valence-corrected chi connectivity index (χ3v) is 2.88. The summed E-state index contributed by atoms with van der Waals surface area (Å²) in [6.07, 6.45) is 0.893. The van der Waals surface area contributed by atoms with E-state index < -0.39 is 4.92 Å². The summed E-state index contributed by atoms with van der Waals surface area (Å²) in [5.41, 5.74) is 1.09. The van der Waals surface area contributed by atoms with Crippen molar-refractivity contribution in [2.75, 3.05) is 18.5 Å². The number of hydrogen-bond donors (Lipinski definition) is 1. The quantitative estimate of drug-likeness (QED) is 0.647. The van der Waals surface area contributed by atoms with Gasteiger partial charge in [0, 0.05) is 12.7 Å². The number of hydrogen-bond acceptors (Lipinski definition) is 7. The van der Waals surface area contributed by atoms with E-state index in [9.17, 15) is 10.1 Å². The van der Waals surface area contributed by atoms with Crippen LogP contribution in [0.25, 0.3) is 11.0 Å². The fourth-order valence-electron chi connectivity index (χ4n) is 1.99. The lowest BCUT2D eigenvalue weighted by Crippen LogP contribution is -2.19. The molecule has 0 spiro atoms. The van der Waals surface area contributed by atoms with Gasteiger partial charge in [-0.05, 0) is 22.8 Å². The lowest BCUT2D eigenvalue weighted by atomic mass is 10.2. The number of aromatic nitrogens is 2. The molecule has 0 amide bonds. The molecule has 1 aliphatic rings. The van der Waals surface area contributed by atoms with Crippen LogP contribution in [0, 0.1) is 10.1 Å². The maximum absolute atomic E-state index is 10.8. The minimum absolute atomic E-state index is 0.112. The molecule has 1 N–H and O–H groups in total. The van der Waals surface area contributed by atoms with E-state index in [1.165, 1.54) is 6.07 Å². The smallest absolute Gasteiger partial charge is 0.300 e. The van der Waals surface area contributed by atoms with Crippen LogP contribution < -0.4 is 5.32 Å². The van der Waals surface area contributed by atoms with Gasteiger partial charge in [-0.15, -0.1) is 0 Å². The number of nitrogens with zero attached hydrogens (tertiary/aromatic N) is 3. The Kier molecular flexibility index (Phi) is 2.56. The van der Waals surface area contributed by atoms with E-state index in [0.29, 0.717) is 24.4 Å². The molecule has 1 aliphatic heterocycles. The summed E-state index contributed by atoms with van der Waals surface area (Å²) >= 11 is 0. The molecule has 2 heterocycles. The van der Waals surface area contributed by atoms with Gasteiger partial charge in [0.05, 0.1) is 23.3 Å². The zero-order chi connectivity index (χ0) is 12.5. The van der Waals surface area contributed by atoms with Gasteiger partial charge in [-0.1, -0.05) is 0 Å². The SMILES string of the molecule is O=[N+]([O-])c1ccc(NC2CCOC2)c2nonc12. The van der Waals surface area contributed by atoms with Gasteiger partial charge >= 0.3 is 5.69 Å². The van der Waals surface area contributed by atoms with E-state index in [1.54, 1.807) is 6.07 Å². The first kappa shape index (κ1) is 10.9. The monoisotopic (exact) mass is 250 g/mol. The molecule has 1 fully saturated rings. The normalized spacial score (nSPS) is 19.2. The van der Waals surface area contributed by atoms with Crippen molar-refractivity contribution in [3.63, 3.8) is 0 Å². The highest BCUT2D eigenvalue weighted by atomic mass is 16.6. The lowest BCUT2D eigenvalue weighted by molar-refractivity contribution is -0.383. The average Bonchev–Trinajstić information content (AvgIpc) is 2.98. The van der Waals surface area contributed by atoms with Crippen molar-refractivity contribution in [1.82, 2.24) is 10.3 Å². The lowest BCUT2D eigenvalue weighted by Gasteiger charge is -2.11. The van der Waals surface area contributed by atoms with Crippen molar-refractivity contribution in [2.24, 2.45) is 0 Å². The second-order valence-electron chi connectivity index (χ2n) is 4.06. The maximum atomic E-state index is 10.8. The topological polar surface area (TPSA) is 103 Å². The Morgan fingerprint density at radius 3 is 2.94 bits per heavy atom. The Bertz CT molecular complexity index is 591. The molecule has 0 bridgehead atoms. The van der Waals surface area contributed by atoms with Crippen molar-refractivity contribution in [2.45, 2.75) is 12.5 Å². The van der Waals surface area contributed by atoms with E-state index in [-0.39, 0.29) is 17.2 Å². The summed E-state index contributed by atoms with van der Waals surface area (Å²) in [6, 6.07) is 3.19. The number of ether oxygens (including phenoxy) is 1.